The second kappa shape index (κ2) is 6.67. The first-order valence-electron chi connectivity index (χ1n) is 6.59. The van der Waals surface area contributed by atoms with Gasteiger partial charge >= 0.3 is 5.97 Å². The molecule has 0 radical (unpaired) electrons. The van der Waals surface area contributed by atoms with Crippen molar-refractivity contribution in [1.29, 1.82) is 0 Å². The van der Waals surface area contributed by atoms with E-state index in [4.69, 9.17) is 4.74 Å². The van der Waals surface area contributed by atoms with Crippen LogP contribution in [0.15, 0.2) is 0 Å². The molecule has 1 unspecified atom stereocenters. The van der Waals surface area contributed by atoms with Crippen molar-refractivity contribution in [3.05, 3.63) is 0 Å². The fourth-order valence-corrected chi connectivity index (χ4v) is 3.71. The van der Waals surface area contributed by atoms with Gasteiger partial charge in [-0.3, -0.25) is 9.69 Å². The standard InChI is InChI=1S/C12H24N2O4S/c1-4-13-12(2,11(15)18-3)10-14-6-5-8-19(16,17)9-7-14/h13H,4-10H2,1-3H3. The molecule has 0 spiro atoms. The molecule has 7 heteroatoms. The third-order valence-electron chi connectivity index (χ3n) is 3.39. The van der Waals surface area contributed by atoms with Gasteiger partial charge in [-0.2, -0.15) is 0 Å². The summed E-state index contributed by atoms with van der Waals surface area (Å²) in [5.41, 5.74) is -0.794. The summed E-state index contributed by atoms with van der Waals surface area (Å²) in [6.07, 6.45) is 0.617. The summed E-state index contributed by atoms with van der Waals surface area (Å²) in [5.74, 6) is 0.0807. The van der Waals surface area contributed by atoms with Gasteiger partial charge in [0, 0.05) is 13.1 Å². The van der Waals surface area contributed by atoms with Crippen LogP contribution in [0.25, 0.3) is 0 Å². The van der Waals surface area contributed by atoms with Gasteiger partial charge in [0.2, 0.25) is 0 Å². The van der Waals surface area contributed by atoms with Gasteiger partial charge in [0.25, 0.3) is 0 Å². The predicted molar refractivity (Wildman–Crippen MR) is 73.8 cm³/mol. The third-order valence-corrected chi connectivity index (χ3v) is 5.11. The topological polar surface area (TPSA) is 75.7 Å². The van der Waals surface area contributed by atoms with Gasteiger partial charge in [0.15, 0.2) is 9.84 Å². The molecule has 0 saturated carbocycles. The molecule has 1 aliphatic heterocycles. The van der Waals surface area contributed by atoms with Crippen molar-refractivity contribution in [1.82, 2.24) is 10.2 Å². The minimum atomic E-state index is -2.92. The van der Waals surface area contributed by atoms with E-state index in [2.05, 4.69) is 5.32 Å². The summed E-state index contributed by atoms with van der Waals surface area (Å²) in [7, 11) is -1.56. The minimum absolute atomic E-state index is 0.163. The Balaban J connectivity index is 2.71. The summed E-state index contributed by atoms with van der Waals surface area (Å²) in [6, 6.07) is 0. The first kappa shape index (κ1) is 16.4. The highest BCUT2D eigenvalue weighted by Crippen LogP contribution is 2.12. The van der Waals surface area contributed by atoms with E-state index < -0.39 is 15.4 Å². The van der Waals surface area contributed by atoms with E-state index >= 15 is 0 Å². The highest BCUT2D eigenvalue weighted by atomic mass is 32.2. The van der Waals surface area contributed by atoms with Crippen molar-refractivity contribution in [3.63, 3.8) is 0 Å². The molecule has 1 fully saturated rings. The monoisotopic (exact) mass is 292 g/mol. The zero-order valence-electron chi connectivity index (χ0n) is 11.9. The van der Waals surface area contributed by atoms with Crippen LogP contribution < -0.4 is 5.32 Å². The zero-order valence-corrected chi connectivity index (χ0v) is 12.8. The van der Waals surface area contributed by atoms with Crippen molar-refractivity contribution in [2.75, 3.05) is 44.8 Å². The minimum Gasteiger partial charge on any atom is -0.468 e. The predicted octanol–water partition coefficient (Wildman–Crippen LogP) is -0.352. The lowest BCUT2D eigenvalue weighted by atomic mass is 10.0. The molecule has 6 nitrogen and oxygen atoms in total. The van der Waals surface area contributed by atoms with Gasteiger partial charge in [-0.25, -0.2) is 8.42 Å². The summed E-state index contributed by atoms with van der Waals surface area (Å²) in [4.78, 5) is 13.9. The molecule has 1 aliphatic rings. The summed E-state index contributed by atoms with van der Waals surface area (Å²) < 4.78 is 28.0. The number of ether oxygens (including phenoxy) is 1. The number of carbonyl (C=O) groups is 1. The molecule has 19 heavy (non-hydrogen) atoms. The van der Waals surface area contributed by atoms with E-state index in [1.807, 2.05) is 11.8 Å². The number of hydrogen-bond acceptors (Lipinski definition) is 6. The number of nitrogens with one attached hydrogen (secondary N) is 1. The Morgan fingerprint density at radius 1 is 1.37 bits per heavy atom. The van der Waals surface area contributed by atoms with Crippen LogP contribution in [-0.4, -0.2) is 69.6 Å². The van der Waals surface area contributed by atoms with Crippen LogP contribution in [-0.2, 0) is 19.4 Å². The van der Waals surface area contributed by atoms with Gasteiger partial charge in [-0.15, -0.1) is 0 Å². The molecule has 0 aromatic rings. The SMILES string of the molecule is CCNC(C)(CN1CCCS(=O)(=O)CC1)C(=O)OC. The van der Waals surface area contributed by atoms with E-state index in [1.54, 1.807) is 6.92 Å². The first-order valence-corrected chi connectivity index (χ1v) is 8.41. The van der Waals surface area contributed by atoms with Crippen LogP contribution in [0.4, 0.5) is 0 Å². The van der Waals surface area contributed by atoms with Gasteiger partial charge in [0.1, 0.15) is 5.54 Å². The van der Waals surface area contributed by atoms with Crippen molar-refractivity contribution >= 4 is 15.8 Å². The van der Waals surface area contributed by atoms with E-state index in [0.29, 0.717) is 32.6 Å². The van der Waals surface area contributed by atoms with E-state index in [1.165, 1.54) is 7.11 Å². The summed E-state index contributed by atoms with van der Waals surface area (Å²) in [6.45, 7) is 5.99. The first-order chi connectivity index (χ1) is 8.83. The number of hydrogen-bond donors (Lipinski definition) is 1. The number of carbonyl (C=O) groups excluding carboxylic acids is 1. The molecule has 1 rings (SSSR count). The maximum absolute atomic E-state index is 11.9. The number of esters is 1. The Labute approximate surface area is 115 Å². The number of methoxy groups -OCH3 is 1. The maximum atomic E-state index is 11.9. The van der Waals surface area contributed by atoms with Crippen LogP contribution in [0, 0.1) is 0 Å². The van der Waals surface area contributed by atoms with Crippen LogP contribution in [0.3, 0.4) is 0 Å². The molecule has 1 saturated heterocycles. The second-order valence-electron chi connectivity index (χ2n) is 5.14. The average molecular weight is 292 g/mol. The molecule has 1 atom stereocenters. The van der Waals surface area contributed by atoms with Gasteiger partial charge in [-0.05, 0) is 26.4 Å². The third kappa shape index (κ3) is 4.74. The molecule has 0 aromatic heterocycles. The number of likely N-dealkylation sites (N-methyl/N-ethyl adjacent to an activating group) is 1. The van der Waals surface area contributed by atoms with Crippen molar-refractivity contribution in [2.24, 2.45) is 0 Å². The van der Waals surface area contributed by atoms with Crippen LogP contribution in [0.1, 0.15) is 20.3 Å². The highest BCUT2D eigenvalue weighted by Gasteiger charge is 2.36. The molecule has 0 aliphatic carbocycles. The summed E-state index contributed by atoms with van der Waals surface area (Å²) >= 11 is 0. The van der Waals surface area contributed by atoms with Gasteiger partial charge < -0.3 is 10.1 Å². The molecular weight excluding hydrogens is 268 g/mol. The quantitative estimate of drug-likeness (QED) is 0.698. The normalized spacial score (nSPS) is 23.3. The lowest BCUT2D eigenvalue weighted by molar-refractivity contribution is -0.148. The molecule has 0 amide bonds. The Kier molecular flexibility index (Phi) is 5.76. The van der Waals surface area contributed by atoms with Gasteiger partial charge in [-0.1, -0.05) is 6.92 Å². The van der Waals surface area contributed by atoms with Crippen LogP contribution in [0.5, 0.6) is 0 Å². The number of rotatable bonds is 5. The Morgan fingerprint density at radius 3 is 2.63 bits per heavy atom. The molecule has 0 aromatic carbocycles. The Bertz CT molecular complexity index is 410. The van der Waals surface area contributed by atoms with E-state index in [-0.39, 0.29) is 17.5 Å². The average Bonchev–Trinajstić information content (AvgIpc) is 2.50. The second-order valence-corrected chi connectivity index (χ2v) is 7.44. The van der Waals surface area contributed by atoms with E-state index in [0.717, 1.165) is 0 Å². The molecule has 112 valence electrons. The smallest absolute Gasteiger partial charge is 0.327 e. The number of sulfone groups is 1. The van der Waals surface area contributed by atoms with Crippen molar-refractivity contribution in [2.45, 2.75) is 25.8 Å². The molecular formula is C12H24N2O4S. The molecule has 0 bridgehead atoms. The lowest BCUT2D eigenvalue weighted by Crippen LogP contribution is -2.57. The highest BCUT2D eigenvalue weighted by molar-refractivity contribution is 7.91. The molecule has 1 heterocycles. The van der Waals surface area contributed by atoms with Crippen molar-refractivity contribution < 1.29 is 17.9 Å². The Hall–Kier alpha value is -0.660. The summed E-state index contributed by atoms with van der Waals surface area (Å²) in [5, 5.41) is 3.13. The van der Waals surface area contributed by atoms with E-state index in [9.17, 15) is 13.2 Å². The number of nitrogens with zero attached hydrogens (tertiary/aromatic N) is 1. The van der Waals surface area contributed by atoms with Crippen LogP contribution in [0.2, 0.25) is 0 Å². The zero-order chi connectivity index (χ0) is 14.5. The lowest BCUT2D eigenvalue weighted by Gasteiger charge is -2.33. The largest absolute Gasteiger partial charge is 0.468 e. The fourth-order valence-electron chi connectivity index (χ4n) is 2.40. The van der Waals surface area contributed by atoms with Crippen LogP contribution >= 0.6 is 0 Å². The molecule has 1 N–H and O–H groups in total. The van der Waals surface area contributed by atoms with Crippen molar-refractivity contribution in [3.8, 4) is 0 Å². The Morgan fingerprint density at radius 2 is 2.05 bits per heavy atom. The fraction of sp³-hybridized carbons (Fsp3) is 0.917. The van der Waals surface area contributed by atoms with Gasteiger partial charge in [0.05, 0.1) is 18.6 Å². The maximum Gasteiger partial charge on any atom is 0.327 e.